The minimum atomic E-state index is 0.537. The van der Waals surface area contributed by atoms with E-state index in [9.17, 15) is 0 Å². The maximum absolute atomic E-state index is 6.62. The molecule has 0 unspecified atom stereocenters. The highest BCUT2D eigenvalue weighted by atomic mass is 35.5. The Morgan fingerprint density at radius 2 is 1.73 bits per heavy atom. The summed E-state index contributed by atoms with van der Waals surface area (Å²) in [5, 5.41) is 24.5. The molecule has 26 heavy (non-hydrogen) atoms. The topological polar surface area (TPSA) is 82.8 Å². The van der Waals surface area contributed by atoms with Gasteiger partial charge in [0.05, 0.1) is 15.7 Å². The monoisotopic (exact) mass is 402 g/mol. The summed E-state index contributed by atoms with van der Waals surface area (Å²) in [7, 11) is 0. The van der Waals surface area contributed by atoms with E-state index in [1.54, 1.807) is 10.7 Å². The summed E-state index contributed by atoms with van der Waals surface area (Å²) < 4.78 is 1.80. The van der Waals surface area contributed by atoms with Gasteiger partial charge in [-0.2, -0.15) is 5.10 Å². The molecule has 144 valence electrons. The van der Waals surface area contributed by atoms with Gasteiger partial charge in [-0.05, 0) is 44.1 Å². The van der Waals surface area contributed by atoms with Crippen LogP contribution in [0.15, 0.2) is 30.5 Å². The molecule has 3 rings (SSSR count). The Balaban J connectivity index is 0.000000758. The van der Waals surface area contributed by atoms with Crippen LogP contribution in [0.4, 0.5) is 5.82 Å². The Kier molecular flexibility index (Phi) is 9.17. The van der Waals surface area contributed by atoms with Gasteiger partial charge in [-0.25, -0.2) is 15.2 Å². The smallest absolute Gasteiger partial charge is 0.148 e. The van der Waals surface area contributed by atoms with Crippen molar-refractivity contribution in [3.63, 3.8) is 0 Å². The molecule has 2 aromatic rings. The Hall–Kier alpha value is -1.35. The summed E-state index contributed by atoms with van der Waals surface area (Å²) >= 11 is 12.0. The normalized spacial score (nSPS) is 15.1. The van der Waals surface area contributed by atoms with Gasteiger partial charge in [0.2, 0.25) is 0 Å². The SMILES string of the molecule is Clc1ccc(-n2ccc(NCCN3CCCCCC3)n2)cc1Cl.OOO. The fourth-order valence-electron chi connectivity index (χ4n) is 2.89. The minimum Gasteiger partial charge on any atom is -0.367 e. The van der Waals surface area contributed by atoms with E-state index < -0.39 is 0 Å². The van der Waals surface area contributed by atoms with E-state index in [1.165, 1.54) is 38.8 Å². The van der Waals surface area contributed by atoms with Gasteiger partial charge in [-0.3, -0.25) is 0 Å². The highest BCUT2D eigenvalue weighted by molar-refractivity contribution is 6.42. The number of anilines is 1. The lowest BCUT2D eigenvalue weighted by Gasteiger charge is -2.19. The second-order valence-corrected chi connectivity index (χ2v) is 6.82. The molecule has 0 saturated carbocycles. The molecule has 7 nitrogen and oxygen atoms in total. The third-order valence-corrected chi connectivity index (χ3v) is 4.93. The summed E-state index contributed by atoms with van der Waals surface area (Å²) in [5.74, 6) is 0.880. The molecule has 1 fully saturated rings. The van der Waals surface area contributed by atoms with Gasteiger partial charge in [-0.15, -0.1) is 0 Å². The van der Waals surface area contributed by atoms with Crippen LogP contribution in [0, 0.1) is 0 Å². The van der Waals surface area contributed by atoms with E-state index in [2.05, 4.69) is 20.4 Å². The van der Waals surface area contributed by atoms with Gasteiger partial charge < -0.3 is 10.2 Å². The molecule has 1 aromatic carbocycles. The fourth-order valence-corrected chi connectivity index (χ4v) is 3.18. The van der Waals surface area contributed by atoms with Crippen molar-refractivity contribution in [1.29, 1.82) is 0 Å². The molecule has 1 aliphatic heterocycles. The van der Waals surface area contributed by atoms with E-state index in [0.29, 0.717) is 10.0 Å². The van der Waals surface area contributed by atoms with E-state index in [-0.39, 0.29) is 0 Å². The average Bonchev–Trinajstić information content (AvgIpc) is 2.94. The van der Waals surface area contributed by atoms with Crippen molar-refractivity contribution in [1.82, 2.24) is 14.7 Å². The van der Waals surface area contributed by atoms with Crippen molar-refractivity contribution in [2.24, 2.45) is 0 Å². The Labute approximate surface area is 162 Å². The first-order chi connectivity index (χ1) is 12.6. The van der Waals surface area contributed by atoms with Crippen molar-refractivity contribution in [3.05, 3.63) is 40.5 Å². The molecule has 1 saturated heterocycles. The number of likely N-dealkylation sites (tertiary alicyclic amines) is 1. The Morgan fingerprint density at radius 3 is 2.38 bits per heavy atom. The van der Waals surface area contributed by atoms with Gasteiger partial charge in [0.1, 0.15) is 5.82 Å². The Morgan fingerprint density at radius 1 is 1.04 bits per heavy atom. The number of nitrogens with zero attached hydrogens (tertiary/aromatic N) is 3. The van der Waals surface area contributed by atoms with E-state index in [0.717, 1.165) is 24.6 Å². The van der Waals surface area contributed by atoms with Crippen molar-refractivity contribution < 1.29 is 15.6 Å². The predicted octanol–water partition coefficient (Wildman–Crippen LogP) is 4.42. The van der Waals surface area contributed by atoms with Crippen LogP contribution in [-0.4, -0.2) is 51.4 Å². The van der Waals surface area contributed by atoms with Crippen LogP contribution in [0.2, 0.25) is 10.0 Å². The van der Waals surface area contributed by atoms with Gasteiger partial charge in [0.15, 0.2) is 0 Å². The zero-order chi connectivity index (χ0) is 18.8. The van der Waals surface area contributed by atoms with Crippen molar-refractivity contribution in [2.75, 3.05) is 31.5 Å². The third-order valence-electron chi connectivity index (χ3n) is 4.19. The number of nitrogens with one attached hydrogen (secondary N) is 1. The Bertz CT molecular complexity index is 661. The molecular weight excluding hydrogens is 379 g/mol. The van der Waals surface area contributed by atoms with E-state index in [4.69, 9.17) is 33.7 Å². The van der Waals surface area contributed by atoms with Gasteiger partial charge >= 0.3 is 0 Å². The number of halogens is 2. The van der Waals surface area contributed by atoms with E-state index in [1.807, 2.05) is 24.4 Å². The molecule has 0 atom stereocenters. The van der Waals surface area contributed by atoms with Crippen LogP contribution in [0.25, 0.3) is 5.69 Å². The number of aromatic nitrogens is 2. The van der Waals surface area contributed by atoms with Crippen molar-refractivity contribution in [3.8, 4) is 5.69 Å². The molecule has 1 aliphatic rings. The largest absolute Gasteiger partial charge is 0.367 e. The van der Waals surface area contributed by atoms with Crippen LogP contribution in [-0.2, 0) is 5.04 Å². The molecule has 0 radical (unpaired) electrons. The molecule has 1 aromatic heterocycles. The summed E-state index contributed by atoms with van der Waals surface area (Å²) in [6.45, 7) is 4.43. The van der Waals surface area contributed by atoms with E-state index >= 15 is 0 Å². The third kappa shape index (κ3) is 6.75. The highest BCUT2D eigenvalue weighted by Crippen LogP contribution is 2.24. The van der Waals surface area contributed by atoms with Crippen LogP contribution in [0.5, 0.6) is 0 Å². The van der Waals surface area contributed by atoms with Gasteiger partial charge in [0.25, 0.3) is 0 Å². The minimum absolute atomic E-state index is 0.537. The highest BCUT2D eigenvalue weighted by Gasteiger charge is 2.09. The second-order valence-electron chi connectivity index (χ2n) is 6.01. The summed E-state index contributed by atoms with van der Waals surface area (Å²) in [6.07, 6.45) is 7.32. The first-order valence-electron chi connectivity index (χ1n) is 8.56. The molecular formula is C17H24Cl2N4O3. The first kappa shape index (κ1) is 21.0. The number of rotatable bonds is 5. The van der Waals surface area contributed by atoms with Crippen LogP contribution in [0.3, 0.4) is 0 Å². The molecule has 2 heterocycles. The molecule has 0 bridgehead atoms. The molecule has 0 spiro atoms. The van der Waals surface area contributed by atoms with Crippen LogP contribution >= 0.6 is 23.2 Å². The average molecular weight is 403 g/mol. The number of hydrogen-bond acceptors (Lipinski definition) is 6. The fraction of sp³-hybridized carbons (Fsp3) is 0.471. The maximum atomic E-state index is 6.62. The first-order valence-corrected chi connectivity index (χ1v) is 9.32. The molecule has 0 aliphatic carbocycles. The lowest BCUT2D eigenvalue weighted by molar-refractivity contribution is -0.465. The summed E-state index contributed by atoms with van der Waals surface area (Å²) in [6, 6.07) is 7.48. The number of hydrogen-bond donors (Lipinski definition) is 3. The van der Waals surface area contributed by atoms with Crippen LogP contribution in [0.1, 0.15) is 25.7 Å². The predicted molar refractivity (Wildman–Crippen MR) is 103 cm³/mol. The van der Waals surface area contributed by atoms with Gasteiger partial charge in [-0.1, -0.05) is 41.1 Å². The zero-order valence-corrected chi connectivity index (χ0v) is 16.0. The lowest BCUT2D eigenvalue weighted by atomic mass is 10.2. The maximum Gasteiger partial charge on any atom is 0.148 e. The summed E-state index contributed by atoms with van der Waals surface area (Å²) in [5.41, 5.74) is 0.903. The quantitative estimate of drug-likeness (QED) is 0.507. The summed E-state index contributed by atoms with van der Waals surface area (Å²) in [4.78, 5) is 2.54. The molecule has 3 N–H and O–H groups in total. The van der Waals surface area contributed by atoms with Crippen molar-refractivity contribution >= 4 is 29.0 Å². The molecule has 9 heteroatoms. The van der Waals surface area contributed by atoms with Crippen molar-refractivity contribution in [2.45, 2.75) is 25.7 Å². The standard InChI is InChI=1S/C17H22Cl2N4.H2O3/c18-15-6-5-14(13-16(15)19)23-11-7-17(21-23)20-8-12-22-9-3-1-2-4-10-22;1-3-2/h5-7,11,13H,1-4,8-10,12H2,(H,20,21);1-2H. The lowest BCUT2D eigenvalue weighted by Crippen LogP contribution is -2.30. The second kappa shape index (κ2) is 11.4. The van der Waals surface area contributed by atoms with Crippen LogP contribution < -0.4 is 5.32 Å². The van der Waals surface area contributed by atoms with Gasteiger partial charge in [0, 0.05) is 25.4 Å². The zero-order valence-electron chi connectivity index (χ0n) is 14.4. The molecule has 0 amide bonds. The number of benzene rings is 1.